The standard InChI is InChI=1S/C18H19ClN4O3/c19-14-3-1-2-4-15(14)23-8-6-16(21-23)20-17(24)10-12-5-7-22-13(9-12)11-26-18(22)25/h1-4,6,8,12-13H,5,7,9-11H2,(H,20,21,24)/t12-,13+/m0/s1. The highest BCUT2D eigenvalue weighted by molar-refractivity contribution is 6.32. The molecule has 1 aromatic heterocycles. The zero-order valence-corrected chi connectivity index (χ0v) is 14.9. The van der Waals surface area contributed by atoms with Crippen LogP contribution in [0.3, 0.4) is 0 Å². The number of nitrogens with one attached hydrogen (secondary N) is 1. The molecule has 2 atom stereocenters. The number of piperidine rings is 1. The topological polar surface area (TPSA) is 76.5 Å². The van der Waals surface area contributed by atoms with Crippen LogP contribution in [0.1, 0.15) is 19.3 Å². The third kappa shape index (κ3) is 3.39. The maximum absolute atomic E-state index is 12.4. The molecular formula is C18H19ClN4O3. The molecule has 0 radical (unpaired) electrons. The molecule has 3 heterocycles. The van der Waals surface area contributed by atoms with E-state index in [9.17, 15) is 9.59 Å². The lowest BCUT2D eigenvalue weighted by atomic mass is 9.89. The number of amides is 2. The fourth-order valence-electron chi connectivity index (χ4n) is 3.59. The molecule has 2 saturated heterocycles. The number of halogens is 1. The number of anilines is 1. The van der Waals surface area contributed by atoms with Gasteiger partial charge in [-0.15, -0.1) is 0 Å². The van der Waals surface area contributed by atoms with Gasteiger partial charge in [-0.2, -0.15) is 5.10 Å². The zero-order chi connectivity index (χ0) is 18.1. The van der Waals surface area contributed by atoms with E-state index in [0.717, 1.165) is 18.5 Å². The third-order valence-corrected chi connectivity index (χ3v) is 5.21. The van der Waals surface area contributed by atoms with Gasteiger partial charge in [0.2, 0.25) is 5.91 Å². The van der Waals surface area contributed by atoms with E-state index in [1.807, 2.05) is 18.2 Å². The predicted octanol–water partition coefficient (Wildman–Crippen LogP) is 3.09. The van der Waals surface area contributed by atoms with Crippen LogP contribution < -0.4 is 5.32 Å². The summed E-state index contributed by atoms with van der Waals surface area (Å²) >= 11 is 6.17. The molecule has 0 unspecified atom stereocenters. The first-order valence-corrected chi connectivity index (χ1v) is 9.02. The smallest absolute Gasteiger partial charge is 0.410 e. The Morgan fingerprint density at radius 3 is 3.04 bits per heavy atom. The maximum Gasteiger partial charge on any atom is 0.410 e. The number of rotatable bonds is 4. The molecular weight excluding hydrogens is 356 g/mol. The van der Waals surface area contributed by atoms with Crippen molar-refractivity contribution in [1.29, 1.82) is 0 Å². The van der Waals surface area contributed by atoms with E-state index < -0.39 is 0 Å². The number of fused-ring (bicyclic) bond motifs is 1. The molecule has 2 aliphatic rings. The minimum absolute atomic E-state index is 0.0712. The highest BCUT2D eigenvalue weighted by atomic mass is 35.5. The summed E-state index contributed by atoms with van der Waals surface area (Å²) < 4.78 is 6.70. The number of carbonyl (C=O) groups excluding carboxylic acids is 2. The molecule has 2 aliphatic heterocycles. The Bertz CT molecular complexity index is 837. The van der Waals surface area contributed by atoms with Crippen molar-refractivity contribution in [3.05, 3.63) is 41.6 Å². The van der Waals surface area contributed by atoms with Gasteiger partial charge in [0.1, 0.15) is 6.61 Å². The second-order valence-corrected chi connectivity index (χ2v) is 7.07. The molecule has 26 heavy (non-hydrogen) atoms. The van der Waals surface area contributed by atoms with Crippen molar-refractivity contribution in [2.45, 2.75) is 25.3 Å². The first kappa shape index (κ1) is 16.9. The van der Waals surface area contributed by atoms with Crippen molar-refractivity contribution in [2.75, 3.05) is 18.5 Å². The molecule has 136 valence electrons. The Balaban J connectivity index is 1.34. The van der Waals surface area contributed by atoms with Crippen LogP contribution in [0, 0.1) is 5.92 Å². The summed E-state index contributed by atoms with van der Waals surface area (Å²) in [4.78, 5) is 25.6. The summed E-state index contributed by atoms with van der Waals surface area (Å²) in [6.07, 6.45) is 3.55. The third-order valence-electron chi connectivity index (χ3n) is 4.89. The van der Waals surface area contributed by atoms with E-state index >= 15 is 0 Å². The average molecular weight is 375 g/mol. The average Bonchev–Trinajstić information content (AvgIpc) is 3.22. The second-order valence-electron chi connectivity index (χ2n) is 6.66. The number of ether oxygens (including phenoxy) is 1. The lowest BCUT2D eigenvalue weighted by Crippen LogP contribution is -2.41. The van der Waals surface area contributed by atoms with E-state index in [4.69, 9.17) is 16.3 Å². The largest absolute Gasteiger partial charge is 0.447 e. The van der Waals surface area contributed by atoms with E-state index in [-0.39, 0.29) is 24.0 Å². The number of benzene rings is 1. The fraction of sp³-hybridized carbons (Fsp3) is 0.389. The minimum Gasteiger partial charge on any atom is -0.447 e. The van der Waals surface area contributed by atoms with Gasteiger partial charge in [-0.25, -0.2) is 9.48 Å². The summed E-state index contributed by atoms with van der Waals surface area (Å²) in [6, 6.07) is 9.23. The summed E-state index contributed by atoms with van der Waals surface area (Å²) in [6.45, 7) is 1.09. The molecule has 0 aliphatic carbocycles. The molecule has 4 rings (SSSR count). The highest BCUT2D eigenvalue weighted by Gasteiger charge is 2.38. The lowest BCUT2D eigenvalue weighted by Gasteiger charge is -2.31. The second kappa shape index (κ2) is 6.99. The Labute approximate surface area is 155 Å². The predicted molar refractivity (Wildman–Crippen MR) is 96.4 cm³/mol. The number of hydrogen-bond acceptors (Lipinski definition) is 4. The quantitative estimate of drug-likeness (QED) is 0.892. The van der Waals surface area contributed by atoms with Crippen LogP contribution in [0.4, 0.5) is 10.6 Å². The van der Waals surface area contributed by atoms with E-state index in [0.29, 0.717) is 30.4 Å². The summed E-state index contributed by atoms with van der Waals surface area (Å²) in [5, 5.41) is 7.80. The Kier molecular flexibility index (Phi) is 4.55. The Hall–Kier alpha value is -2.54. The highest BCUT2D eigenvalue weighted by Crippen LogP contribution is 2.29. The van der Waals surface area contributed by atoms with Gasteiger partial charge in [0, 0.05) is 25.2 Å². The number of nitrogens with zero attached hydrogens (tertiary/aromatic N) is 3. The van der Waals surface area contributed by atoms with Gasteiger partial charge < -0.3 is 15.0 Å². The minimum atomic E-state index is -0.233. The SMILES string of the molecule is O=C(C[C@H]1CCN2C(=O)OC[C@H]2C1)Nc1ccn(-c2ccccc2Cl)n1. The monoisotopic (exact) mass is 374 g/mol. The van der Waals surface area contributed by atoms with Crippen LogP contribution in [-0.4, -0.2) is 45.9 Å². The van der Waals surface area contributed by atoms with Crippen molar-refractivity contribution in [1.82, 2.24) is 14.7 Å². The van der Waals surface area contributed by atoms with Crippen LogP contribution in [0.15, 0.2) is 36.5 Å². The van der Waals surface area contributed by atoms with E-state index in [1.54, 1.807) is 27.9 Å². The van der Waals surface area contributed by atoms with Crippen molar-refractivity contribution in [3.63, 3.8) is 0 Å². The molecule has 8 heteroatoms. The lowest BCUT2D eigenvalue weighted by molar-refractivity contribution is -0.117. The molecule has 0 spiro atoms. The van der Waals surface area contributed by atoms with E-state index in [2.05, 4.69) is 10.4 Å². The van der Waals surface area contributed by atoms with Crippen LogP contribution >= 0.6 is 11.6 Å². The van der Waals surface area contributed by atoms with Gasteiger partial charge in [-0.1, -0.05) is 23.7 Å². The van der Waals surface area contributed by atoms with Crippen LogP contribution in [-0.2, 0) is 9.53 Å². The Morgan fingerprint density at radius 2 is 2.19 bits per heavy atom. The number of hydrogen-bond donors (Lipinski definition) is 1. The number of carbonyl (C=O) groups is 2. The fourth-order valence-corrected chi connectivity index (χ4v) is 3.81. The summed E-state index contributed by atoms with van der Waals surface area (Å²) in [5.41, 5.74) is 0.757. The number of cyclic esters (lactones) is 1. The van der Waals surface area contributed by atoms with Gasteiger partial charge in [-0.05, 0) is 30.9 Å². The van der Waals surface area contributed by atoms with Crippen LogP contribution in [0.25, 0.3) is 5.69 Å². The van der Waals surface area contributed by atoms with Gasteiger partial charge in [0.05, 0.1) is 16.8 Å². The summed E-state index contributed by atoms with van der Waals surface area (Å²) in [5.74, 6) is 0.668. The molecule has 0 saturated carbocycles. The molecule has 7 nitrogen and oxygen atoms in total. The van der Waals surface area contributed by atoms with Gasteiger partial charge in [0.25, 0.3) is 0 Å². The van der Waals surface area contributed by atoms with Crippen LogP contribution in [0.5, 0.6) is 0 Å². The maximum atomic E-state index is 12.4. The molecule has 2 fully saturated rings. The number of para-hydroxylation sites is 1. The molecule has 0 bridgehead atoms. The molecule has 1 N–H and O–H groups in total. The zero-order valence-electron chi connectivity index (χ0n) is 14.1. The number of aromatic nitrogens is 2. The molecule has 1 aromatic carbocycles. The molecule has 2 amide bonds. The van der Waals surface area contributed by atoms with Crippen LogP contribution in [0.2, 0.25) is 5.02 Å². The normalized spacial score (nSPS) is 22.0. The van der Waals surface area contributed by atoms with Crippen molar-refractivity contribution in [3.8, 4) is 5.69 Å². The van der Waals surface area contributed by atoms with E-state index in [1.165, 1.54) is 0 Å². The van der Waals surface area contributed by atoms with Crippen molar-refractivity contribution in [2.24, 2.45) is 5.92 Å². The van der Waals surface area contributed by atoms with Gasteiger partial charge >= 0.3 is 6.09 Å². The van der Waals surface area contributed by atoms with Crippen molar-refractivity contribution < 1.29 is 14.3 Å². The summed E-state index contributed by atoms with van der Waals surface area (Å²) in [7, 11) is 0. The first-order chi connectivity index (χ1) is 12.6. The molecule has 2 aromatic rings. The van der Waals surface area contributed by atoms with Gasteiger partial charge in [-0.3, -0.25) is 4.79 Å². The van der Waals surface area contributed by atoms with Crippen molar-refractivity contribution >= 4 is 29.4 Å². The Morgan fingerprint density at radius 1 is 1.35 bits per heavy atom. The van der Waals surface area contributed by atoms with Gasteiger partial charge in [0.15, 0.2) is 5.82 Å². The first-order valence-electron chi connectivity index (χ1n) is 8.64.